The van der Waals surface area contributed by atoms with Crippen molar-refractivity contribution in [3.63, 3.8) is 0 Å². The van der Waals surface area contributed by atoms with Gasteiger partial charge in [-0.1, -0.05) is 24.6 Å². The summed E-state index contributed by atoms with van der Waals surface area (Å²) in [4.78, 5) is 0. The van der Waals surface area contributed by atoms with E-state index in [-0.39, 0.29) is 6.04 Å². The number of hydrogen-bond acceptors (Lipinski definition) is 4. The third-order valence-electron chi connectivity index (χ3n) is 3.56. The monoisotopic (exact) mass is 285 g/mol. The van der Waals surface area contributed by atoms with Crippen molar-refractivity contribution in [3.05, 3.63) is 52.3 Å². The summed E-state index contributed by atoms with van der Waals surface area (Å²) in [6.45, 7) is 9.02. The topological polar surface area (TPSA) is 47.0 Å². The first-order chi connectivity index (χ1) is 10.1. The number of nitrogens with one attached hydrogen (secondary N) is 1. The van der Waals surface area contributed by atoms with Crippen LogP contribution < -0.4 is 10.1 Å². The van der Waals surface area contributed by atoms with E-state index in [1.807, 2.05) is 19.9 Å². The molecule has 0 saturated carbocycles. The van der Waals surface area contributed by atoms with Crippen LogP contribution in [0.15, 0.2) is 24.3 Å². The molecule has 0 fully saturated rings. The summed E-state index contributed by atoms with van der Waals surface area (Å²) in [7, 11) is 1.71. The molecule has 1 heterocycles. The van der Waals surface area contributed by atoms with Gasteiger partial charge in [0.2, 0.25) is 0 Å². The fourth-order valence-corrected chi connectivity index (χ4v) is 2.53. The molecule has 1 N–H and O–H groups in total. The molecule has 1 aromatic carbocycles. The maximum atomic E-state index is 5.54. The highest BCUT2D eigenvalue weighted by Gasteiger charge is 2.20. The maximum absolute atomic E-state index is 5.54. The number of hydrogen-bond donors (Lipinski definition) is 1. The van der Waals surface area contributed by atoms with Crippen LogP contribution in [0.1, 0.15) is 41.0 Å². The summed E-state index contributed by atoms with van der Waals surface area (Å²) in [5.74, 6) is 0.889. The first kappa shape index (κ1) is 15.4. The van der Waals surface area contributed by atoms with Gasteiger partial charge in [-0.05, 0) is 45.0 Å². The maximum Gasteiger partial charge on any atom is 0.124 e. The lowest BCUT2D eigenvalue weighted by Gasteiger charge is -2.23. The summed E-state index contributed by atoms with van der Waals surface area (Å²) in [6.07, 6.45) is 0. The van der Waals surface area contributed by atoms with Gasteiger partial charge >= 0.3 is 0 Å². The van der Waals surface area contributed by atoms with Gasteiger partial charge in [0.05, 0.1) is 24.5 Å². The van der Waals surface area contributed by atoms with Crippen molar-refractivity contribution in [2.75, 3.05) is 13.7 Å². The molecule has 0 spiro atoms. The number of ether oxygens (including phenoxy) is 1. The van der Waals surface area contributed by atoms with Gasteiger partial charge < -0.3 is 10.1 Å². The minimum atomic E-state index is 0.0547. The van der Waals surface area contributed by atoms with E-state index in [0.717, 1.165) is 34.8 Å². The van der Waals surface area contributed by atoms with Crippen LogP contribution in [0.5, 0.6) is 5.75 Å². The largest absolute Gasteiger partial charge is 0.496 e. The fraction of sp³-hybridized carbons (Fsp3) is 0.412. The molecule has 1 aromatic heterocycles. The molecule has 0 amide bonds. The van der Waals surface area contributed by atoms with E-state index in [2.05, 4.69) is 47.6 Å². The highest BCUT2D eigenvalue weighted by atomic mass is 16.5. The second-order valence-corrected chi connectivity index (χ2v) is 5.26. The van der Waals surface area contributed by atoms with Gasteiger partial charge in [0.1, 0.15) is 5.75 Å². The van der Waals surface area contributed by atoms with Gasteiger partial charge in [0.15, 0.2) is 0 Å². The minimum Gasteiger partial charge on any atom is -0.496 e. The van der Waals surface area contributed by atoms with Crippen molar-refractivity contribution < 1.29 is 4.74 Å². The minimum absolute atomic E-state index is 0.0547. The molecule has 2 aromatic rings. The second-order valence-electron chi connectivity index (χ2n) is 5.26. The van der Waals surface area contributed by atoms with Crippen LogP contribution in [-0.2, 0) is 0 Å². The zero-order chi connectivity index (χ0) is 15.4. The Hall–Kier alpha value is -1.94. The summed E-state index contributed by atoms with van der Waals surface area (Å²) >= 11 is 0. The molecule has 112 valence electrons. The van der Waals surface area contributed by atoms with Gasteiger partial charge in [-0.15, -0.1) is 0 Å². The summed E-state index contributed by atoms with van der Waals surface area (Å²) in [6, 6.07) is 8.40. The lowest BCUT2D eigenvalue weighted by molar-refractivity contribution is 0.404. The van der Waals surface area contributed by atoms with Crippen LogP contribution in [0.4, 0.5) is 0 Å². The molecule has 0 aliphatic carbocycles. The van der Waals surface area contributed by atoms with Gasteiger partial charge in [0, 0.05) is 5.56 Å². The van der Waals surface area contributed by atoms with E-state index in [1.54, 1.807) is 7.11 Å². The lowest BCUT2D eigenvalue weighted by Crippen LogP contribution is -2.24. The van der Waals surface area contributed by atoms with Crippen LogP contribution in [0, 0.1) is 20.8 Å². The average Bonchev–Trinajstić information content (AvgIpc) is 2.47. The van der Waals surface area contributed by atoms with E-state index in [4.69, 9.17) is 4.74 Å². The highest BCUT2D eigenvalue weighted by Crippen LogP contribution is 2.32. The molecule has 0 radical (unpaired) electrons. The van der Waals surface area contributed by atoms with Crippen molar-refractivity contribution in [2.24, 2.45) is 0 Å². The molecular weight excluding hydrogens is 262 g/mol. The molecule has 1 unspecified atom stereocenters. The Kier molecular flexibility index (Phi) is 4.91. The summed E-state index contributed by atoms with van der Waals surface area (Å²) in [5.41, 5.74) is 5.36. The molecule has 0 saturated heterocycles. The van der Waals surface area contributed by atoms with Crippen molar-refractivity contribution in [1.29, 1.82) is 0 Å². The molecule has 0 aliphatic heterocycles. The SMILES string of the molecule is CCNC(c1cc(C)ccc1OC)c1cc(C)nnc1C. The van der Waals surface area contributed by atoms with Crippen LogP contribution in [-0.4, -0.2) is 23.9 Å². The van der Waals surface area contributed by atoms with Gasteiger partial charge in [0.25, 0.3) is 0 Å². The molecule has 4 nitrogen and oxygen atoms in total. The number of benzene rings is 1. The van der Waals surface area contributed by atoms with Crippen LogP contribution in [0.2, 0.25) is 0 Å². The number of aromatic nitrogens is 2. The number of aryl methyl sites for hydroxylation is 3. The molecule has 2 rings (SSSR count). The van der Waals surface area contributed by atoms with E-state index >= 15 is 0 Å². The zero-order valence-electron chi connectivity index (χ0n) is 13.4. The quantitative estimate of drug-likeness (QED) is 0.917. The Morgan fingerprint density at radius 2 is 1.86 bits per heavy atom. The molecule has 21 heavy (non-hydrogen) atoms. The summed E-state index contributed by atoms with van der Waals surface area (Å²) in [5, 5.41) is 11.9. The van der Waals surface area contributed by atoms with Gasteiger partial charge in [-0.3, -0.25) is 0 Å². The molecule has 0 bridgehead atoms. The molecule has 0 aliphatic rings. The van der Waals surface area contributed by atoms with Crippen LogP contribution >= 0.6 is 0 Å². The highest BCUT2D eigenvalue weighted by molar-refractivity contribution is 5.44. The third-order valence-corrected chi connectivity index (χ3v) is 3.56. The third kappa shape index (κ3) is 3.39. The van der Waals surface area contributed by atoms with Crippen LogP contribution in [0.3, 0.4) is 0 Å². The first-order valence-electron chi connectivity index (χ1n) is 7.25. The zero-order valence-corrected chi connectivity index (χ0v) is 13.4. The van der Waals surface area contributed by atoms with Crippen LogP contribution in [0.25, 0.3) is 0 Å². The molecular formula is C17H23N3O. The Bertz CT molecular complexity index is 625. The Labute approximate surface area is 126 Å². The normalized spacial score (nSPS) is 12.2. The van der Waals surface area contributed by atoms with E-state index in [9.17, 15) is 0 Å². The first-order valence-corrected chi connectivity index (χ1v) is 7.25. The van der Waals surface area contributed by atoms with Crippen molar-refractivity contribution >= 4 is 0 Å². The van der Waals surface area contributed by atoms with Gasteiger partial charge in [-0.25, -0.2) is 0 Å². The average molecular weight is 285 g/mol. The van der Waals surface area contributed by atoms with Gasteiger partial charge in [-0.2, -0.15) is 10.2 Å². The van der Waals surface area contributed by atoms with Crippen molar-refractivity contribution in [1.82, 2.24) is 15.5 Å². The predicted octanol–water partition coefficient (Wildman–Crippen LogP) is 3.11. The Morgan fingerprint density at radius 1 is 1.10 bits per heavy atom. The Balaban J connectivity index is 2.58. The number of rotatable bonds is 5. The van der Waals surface area contributed by atoms with E-state index in [1.165, 1.54) is 5.56 Å². The molecule has 1 atom stereocenters. The predicted molar refractivity (Wildman–Crippen MR) is 84.8 cm³/mol. The van der Waals surface area contributed by atoms with Crippen molar-refractivity contribution in [3.8, 4) is 5.75 Å². The van der Waals surface area contributed by atoms with E-state index < -0.39 is 0 Å². The molecule has 4 heteroatoms. The smallest absolute Gasteiger partial charge is 0.124 e. The Morgan fingerprint density at radius 3 is 2.52 bits per heavy atom. The number of nitrogens with zero attached hydrogens (tertiary/aromatic N) is 2. The van der Waals surface area contributed by atoms with E-state index in [0.29, 0.717) is 0 Å². The lowest BCUT2D eigenvalue weighted by atomic mass is 9.95. The number of methoxy groups -OCH3 is 1. The standard InChI is InChI=1S/C17H23N3O/c1-6-18-17(14-10-12(3)19-20-13(14)4)15-9-11(2)7-8-16(15)21-5/h7-10,17-18H,6H2,1-5H3. The fourth-order valence-electron chi connectivity index (χ4n) is 2.53. The van der Waals surface area contributed by atoms with Crippen molar-refractivity contribution in [2.45, 2.75) is 33.7 Å². The second kappa shape index (κ2) is 6.68. The summed E-state index contributed by atoms with van der Waals surface area (Å²) < 4.78 is 5.54.